The number of hydrogen-bond donors (Lipinski definition) is 1. The van der Waals surface area contributed by atoms with Crippen molar-refractivity contribution < 1.29 is 13.5 Å². The van der Waals surface area contributed by atoms with E-state index in [-0.39, 0.29) is 5.75 Å². The van der Waals surface area contributed by atoms with Crippen molar-refractivity contribution in [1.29, 1.82) is 0 Å². The number of aliphatic hydroxyl groups excluding tert-OH is 1. The Hall–Kier alpha value is -0.580. The van der Waals surface area contributed by atoms with Gasteiger partial charge in [0, 0.05) is 5.75 Å². The standard InChI is InChI=1S/C10H13ClO3S/c1-2-15(13,14)10(11)9(12)8-6-4-3-5-7-8/h3-7,9-10,12H,2H2,1H3/t9-,10+/m1/s1. The summed E-state index contributed by atoms with van der Waals surface area (Å²) in [6, 6.07) is 8.52. The van der Waals surface area contributed by atoms with E-state index in [1.165, 1.54) is 6.92 Å². The van der Waals surface area contributed by atoms with Gasteiger partial charge in [0.2, 0.25) is 0 Å². The molecule has 5 heteroatoms. The van der Waals surface area contributed by atoms with Gasteiger partial charge in [0.25, 0.3) is 0 Å². The van der Waals surface area contributed by atoms with Crippen LogP contribution in [-0.4, -0.2) is 24.0 Å². The van der Waals surface area contributed by atoms with Gasteiger partial charge in [-0.15, -0.1) is 11.6 Å². The molecular weight excluding hydrogens is 236 g/mol. The molecule has 0 radical (unpaired) electrons. The predicted molar refractivity (Wildman–Crippen MR) is 60.5 cm³/mol. The van der Waals surface area contributed by atoms with E-state index in [4.69, 9.17) is 11.6 Å². The molecule has 1 aromatic rings. The number of halogens is 1. The van der Waals surface area contributed by atoms with E-state index in [0.717, 1.165) is 0 Å². The monoisotopic (exact) mass is 248 g/mol. The number of aliphatic hydroxyl groups is 1. The summed E-state index contributed by atoms with van der Waals surface area (Å²) in [5.41, 5.74) is 0.509. The smallest absolute Gasteiger partial charge is 0.169 e. The minimum atomic E-state index is -3.43. The van der Waals surface area contributed by atoms with Crippen LogP contribution in [-0.2, 0) is 9.84 Å². The van der Waals surface area contributed by atoms with Crippen LogP contribution < -0.4 is 0 Å². The zero-order valence-corrected chi connectivity index (χ0v) is 9.87. The molecule has 0 aromatic heterocycles. The fraction of sp³-hybridized carbons (Fsp3) is 0.400. The van der Waals surface area contributed by atoms with Crippen molar-refractivity contribution in [3.8, 4) is 0 Å². The summed E-state index contributed by atoms with van der Waals surface area (Å²) in [6.45, 7) is 1.50. The normalized spacial score (nSPS) is 15.9. The summed E-state index contributed by atoms with van der Waals surface area (Å²) in [6.07, 6.45) is -1.18. The van der Waals surface area contributed by atoms with Crippen molar-refractivity contribution in [3.63, 3.8) is 0 Å². The van der Waals surface area contributed by atoms with Gasteiger partial charge in [0.1, 0.15) is 6.10 Å². The summed E-state index contributed by atoms with van der Waals surface area (Å²) in [5, 5.41) is 9.74. The molecule has 0 amide bonds. The summed E-state index contributed by atoms with van der Waals surface area (Å²) in [4.78, 5) is 0. The molecule has 0 aliphatic carbocycles. The fourth-order valence-corrected chi connectivity index (χ4v) is 2.55. The average molecular weight is 249 g/mol. The van der Waals surface area contributed by atoms with Crippen LogP contribution in [0.4, 0.5) is 0 Å². The van der Waals surface area contributed by atoms with Gasteiger partial charge in [0.05, 0.1) is 0 Å². The third-order valence-corrected chi connectivity index (χ3v) is 4.94. The van der Waals surface area contributed by atoms with E-state index >= 15 is 0 Å². The summed E-state index contributed by atoms with van der Waals surface area (Å²) < 4.78 is 21.6. The van der Waals surface area contributed by atoms with Crippen molar-refractivity contribution in [1.82, 2.24) is 0 Å². The number of hydrogen-bond acceptors (Lipinski definition) is 3. The molecular formula is C10H13ClO3S. The van der Waals surface area contributed by atoms with Gasteiger partial charge >= 0.3 is 0 Å². The quantitative estimate of drug-likeness (QED) is 0.826. The molecule has 15 heavy (non-hydrogen) atoms. The van der Waals surface area contributed by atoms with Crippen LogP contribution in [0.25, 0.3) is 0 Å². The zero-order chi connectivity index (χ0) is 11.5. The third-order valence-electron chi connectivity index (χ3n) is 2.13. The molecule has 0 bridgehead atoms. The molecule has 0 fully saturated rings. The van der Waals surface area contributed by atoms with E-state index in [1.807, 2.05) is 0 Å². The largest absolute Gasteiger partial charge is 0.386 e. The summed E-state index contributed by atoms with van der Waals surface area (Å²) in [5.74, 6) is -0.0783. The lowest BCUT2D eigenvalue weighted by Crippen LogP contribution is -2.24. The number of sulfone groups is 1. The molecule has 2 atom stereocenters. The van der Waals surface area contributed by atoms with Crippen molar-refractivity contribution in [2.24, 2.45) is 0 Å². The van der Waals surface area contributed by atoms with E-state index in [1.54, 1.807) is 30.3 Å². The molecule has 0 spiro atoms. The molecule has 0 unspecified atom stereocenters. The molecule has 0 heterocycles. The SMILES string of the molecule is CCS(=O)(=O)[C@H](Cl)[C@H](O)c1ccccc1. The summed E-state index contributed by atoms with van der Waals surface area (Å²) >= 11 is 5.72. The number of rotatable bonds is 4. The molecule has 0 saturated carbocycles. The third kappa shape index (κ3) is 2.93. The maximum Gasteiger partial charge on any atom is 0.169 e. The van der Waals surface area contributed by atoms with Crippen LogP contribution >= 0.6 is 11.6 Å². The number of benzene rings is 1. The first-order valence-corrected chi connectivity index (χ1v) is 6.73. The van der Waals surface area contributed by atoms with Crippen molar-refractivity contribution in [2.75, 3.05) is 5.75 Å². The Labute approximate surface area is 94.6 Å². The van der Waals surface area contributed by atoms with E-state index in [2.05, 4.69) is 0 Å². The highest BCUT2D eigenvalue weighted by atomic mass is 35.5. The van der Waals surface area contributed by atoms with Crippen LogP contribution in [0.15, 0.2) is 30.3 Å². The van der Waals surface area contributed by atoms with Gasteiger partial charge in [-0.25, -0.2) is 8.42 Å². The highest BCUT2D eigenvalue weighted by molar-refractivity contribution is 7.93. The van der Waals surface area contributed by atoms with Gasteiger partial charge in [0.15, 0.2) is 14.5 Å². The molecule has 0 aliphatic rings. The Kier molecular flexibility index (Phi) is 4.13. The minimum Gasteiger partial charge on any atom is -0.386 e. The first-order valence-electron chi connectivity index (χ1n) is 4.57. The van der Waals surface area contributed by atoms with E-state index in [9.17, 15) is 13.5 Å². The molecule has 0 saturated heterocycles. The van der Waals surface area contributed by atoms with E-state index in [0.29, 0.717) is 5.56 Å². The van der Waals surface area contributed by atoms with Gasteiger partial charge in [-0.1, -0.05) is 37.3 Å². The summed E-state index contributed by atoms with van der Waals surface area (Å²) in [7, 11) is -3.43. The van der Waals surface area contributed by atoms with Gasteiger partial charge < -0.3 is 5.11 Å². The lowest BCUT2D eigenvalue weighted by Gasteiger charge is -2.16. The van der Waals surface area contributed by atoms with Crippen LogP contribution in [0.5, 0.6) is 0 Å². The van der Waals surface area contributed by atoms with Crippen LogP contribution in [0.1, 0.15) is 18.6 Å². The van der Waals surface area contributed by atoms with Crippen molar-refractivity contribution >= 4 is 21.4 Å². The fourth-order valence-electron chi connectivity index (χ4n) is 1.16. The van der Waals surface area contributed by atoms with Gasteiger partial charge in [-0.3, -0.25) is 0 Å². The Morgan fingerprint density at radius 2 is 1.87 bits per heavy atom. The van der Waals surface area contributed by atoms with E-state index < -0.39 is 20.7 Å². The minimum absolute atomic E-state index is 0.0783. The lowest BCUT2D eigenvalue weighted by atomic mass is 10.1. The highest BCUT2D eigenvalue weighted by Crippen LogP contribution is 2.25. The Morgan fingerprint density at radius 3 is 2.33 bits per heavy atom. The molecule has 1 aromatic carbocycles. The molecule has 1 rings (SSSR count). The van der Waals surface area contributed by atoms with Crippen molar-refractivity contribution in [3.05, 3.63) is 35.9 Å². The maximum atomic E-state index is 11.4. The van der Waals surface area contributed by atoms with Gasteiger partial charge in [-0.05, 0) is 5.56 Å². The Balaban J connectivity index is 2.92. The van der Waals surface area contributed by atoms with Crippen LogP contribution in [0, 0.1) is 0 Å². The molecule has 84 valence electrons. The topological polar surface area (TPSA) is 54.4 Å². The second-order valence-corrected chi connectivity index (χ2v) is 6.30. The van der Waals surface area contributed by atoms with Crippen molar-refractivity contribution in [2.45, 2.75) is 17.7 Å². The Bertz CT molecular complexity index is 402. The zero-order valence-electron chi connectivity index (χ0n) is 8.30. The molecule has 3 nitrogen and oxygen atoms in total. The average Bonchev–Trinajstić information content (AvgIpc) is 2.28. The first kappa shape index (κ1) is 12.5. The lowest BCUT2D eigenvalue weighted by molar-refractivity contribution is 0.191. The number of alkyl halides is 1. The first-order chi connectivity index (χ1) is 6.99. The highest BCUT2D eigenvalue weighted by Gasteiger charge is 2.29. The predicted octanol–water partition coefficient (Wildman–Crippen LogP) is 1.72. The van der Waals surface area contributed by atoms with Crippen LogP contribution in [0.2, 0.25) is 0 Å². The maximum absolute atomic E-state index is 11.4. The second kappa shape index (κ2) is 4.96. The van der Waals surface area contributed by atoms with Crippen LogP contribution in [0.3, 0.4) is 0 Å². The molecule has 0 aliphatic heterocycles. The Morgan fingerprint density at radius 1 is 1.33 bits per heavy atom. The molecule has 1 N–H and O–H groups in total. The van der Waals surface area contributed by atoms with Gasteiger partial charge in [-0.2, -0.15) is 0 Å². The second-order valence-electron chi connectivity index (χ2n) is 3.16.